The molecule has 0 fully saturated rings. The van der Waals surface area contributed by atoms with E-state index in [0.717, 1.165) is 0 Å². The van der Waals surface area contributed by atoms with Crippen LogP contribution in [0, 0.1) is 0 Å². The summed E-state index contributed by atoms with van der Waals surface area (Å²) in [6, 6.07) is 0. The van der Waals surface area contributed by atoms with Gasteiger partial charge < -0.3 is 4.74 Å². The zero-order chi connectivity index (χ0) is 6.41. The van der Waals surface area contributed by atoms with Gasteiger partial charge in [-0.15, -0.1) is 0 Å². The van der Waals surface area contributed by atoms with E-state index in [1.165, 1.54) is 13.4 Å². The molecule has 0 rings (SSSR count). The minimum atomic E-state index is 0.0141. The van der Waals surface area contributed by atoms with Gasteiger partial charge in [0.15, 0.2) is 0 Å². The van der Waals surface area contributed by atoms with Crippen molar-refractivity contribution in [3.05, 3.63) is 0 Å². The molecule has 0 aromatic rings. The van der Waals surface area contributed by atoms with Crippen molar-refractivity contribution in [3.63, 3.8) is 0 Å². The first kappa shape index (κ1) is 7.14. The second-order valence-electron chi connectivity index (χ2n) is 1.38. The molecular formula is C5H7O3. The average molecular weight is 115 g/mol. The van der Waals surface area contributed by atoms with Crippen LogP contribution < -0.4 is 0 Å². The summed E-state index contributed by atoms with van der Waals surface area (Å²) in [5.74, 6) is 0.0141. The molecule has 0 amide bonds. The summed E-state index contributed by atoms with van der Waals surface area (Å²) in [5.41, 5.74) is 0. The summed E-state index contributed by atoms with van der Waals surface area (Å²) >= 11 is 0. The van der Waals surface area contributed by atoms with Gasteiger partial charge in [-0.2, -0.15) is 0 Å². The molecule has 0 saturated heterocycles. The zero-order valence-electron chi connectivity index (χ0n) is 4.64. The van der Waals surface area contributed by atoms with Crippen molar-refractivity contribution in [1.82, 2.24) is 0 Å². The summed E-state index contributed by atoms with van der Waals surface area (Å²) < 4.78 is 4.12. The second kappa shape index (κ2) is 4.30. The lowest BCUT2D eigenvalue weighted by molar-refractivity contribution is -0.117. The highest BCUT2D eigenvalue weighted by molar-refractivity contribution is 5.75. The van der Waals surface area contributed by atoms with Crippen LogP contribution in [0.2, 0.25) is 0 Å². The molecule has 0 aliphatic heterocycles. The third-order valence-corrected chi connectivity index (χ3v) is 0.615. The van der Waals surface area contributed by atoms with Crippen molar-refractivity contribution in [2.75, 3.05) is 6.61 Å². The Balaban J connectivity index is 2.93. The van der Waals surface area contributed by atoms with Crippen molar-refractivity contribution >= 4 is 12.3 Å². The van der Waals surface area contributed by atoms with E-state index in [0.29, 0.717) is 0 Å². The van der Waals surface area contributed by atoms with Crippen LogP contribution in [0.15, 0.2) is 0 Å². The van der Waals surface area contributed by atoms with Gasteiger partial charge in [0, 0.05) is 6.42 Å². The number of hydrogen-bond donors (Lipinski definition) is 0. The highest BCUT2D eigenvalue weighted by Gasteiger charge is 1.90. The van der Waals surface area contributed by atoms with Gasteiger partial charge in [-0.1, -0.05) is 0 Å². The van der Waals surface area contributed by atoms with E-state index in [1.807, 2.05) is 0 Å². The van der Waals surface area contributed by atoms with Gasteiger partial charge in [-0.25, -0.2) is 4.79 Å². The molecule has 0 aliphatic rings. The molecule has 0 N–H and O–H groups in total. The third kappa shape index (κ3) is 5.14. The van der Waals surface area contributed by atoms with E-state index < -0.39 is 0 Å². The summed E-state index contributed by atoms with van der Waals surface area (Å²) in [7, 11) is 0. The van der Waals surface area contributed by atoms with Crippen LogP contribution in [-0.4, -0.2) is 18.9 Å². The molecule has 0 saturated carbocycles. The SMILES string of the molecule is CC(=O)CCO[C]=O. The normalized spacial score (nSPS) is 8.12. The molecule has 0 heterocycles. The minimum Gasteiger partial charge on any atom is -0.457 e. The van der Waals surface area contributed by atoms with Crippen LogP contribution in [-0.2, 0) is 14.3 Å². The van der Waals surface area contributed by atoms with Gasteiger partial charge in [-0.05, 0) is 6.92 Å². The van der Waals surface area contributed by atoms with Gasteiger partial charge in [0.2, 0.25) is 0 Å². The highest BCUT2D eigenvalue weighted by atomic mass is 16.5. The number of ketones is 1. The lowest BCUT2D eigenvalue weighted by Gasteiger charge is -1.89. The molecule has 8 heavy (non-hydrogen) atoms. The molecule has 1 radical (unpaired) electrons. The van der Waals surface area contributed by atoms with E-state index in [9.17, 15) is 9.59 Å². The van der Waals surface area contributed by atoms with Crippen molar-refractivity contribution in [3.8, 4) is 0 Å². The van der Waals surface area contributed by atoms with Crippen LogP contribution >= 0.6 is 0 Å². The summed E-state index contributed by atoms with van der Waals surface area (Å²) in [5, 5.41) is 0. The molecular weight excluding hydrogens is 108 g/mol. The quantitative estimate of drug-likeness (QED) is 0.486. The van der Waals surface area contributed by atoms with Crippen LogP contribution in [0.4, 0.5) is 0 Å². The maximum absolute atomic E-state index is 10.1. The molecule has 3 nitrogen and oxygen atoms in total. The topological polar surface area (TPSA) is 43.4 Å². The minimum absolute atomic E-state index is 0.0141. The summed E-state index contributed by atoms with van der Waals surface area (Å²) in [4.78, 5) is 19.4. The lowest BCUT2D eigenvalue weighted by atomic mass is 10.3. The fraction of sp³-hybridized carbons (Fsp3) is 0.600. The summed E-state index contributed by atoms with van der Waals surface area (Å²) in [6.07, 6.45) is 0.287. The van der Waals surface area contributed by atoms with Crippen LogP contribution in [0.1, 0.15) is 13.3 Å². The van der Waals surface area contributed by atoms with Crippen molar-refractivity contribution in [2.24, 2.45) is 0 Å². The number of rotatable bonds is 4. The fourth-order valence-corrected chi connectivity index (χ4v) is 0.236. The molecule has 0 bridgehead atoms. The first-order valence-electron chi connectivity index (χ1n) is 2.25. The monoisotopic (exact) mass is 115 g/mol. The summed E-state index contributed by atoms with van der Waals surface area (Å²) in [6.45, 7) is 2.81. The number of carbonyl (C=O) groups is 1. The number of carbonyl (C=O) groups excluding carboxylic acids is 2. The van der Waals surface area contributed by atoms with Gasteiger partial charge >= 0.3 is 6.47 Å². The molecule has 0 spiro atoms. The predicted molar refractivity (Wildman–Crippen MR) is 26.9 cm³/mol. The van der Waals surface area contributed by atoms with Crippen molar-refractivity contribution in [1.29, 1.82) is 0 Å². The van der Waals surface area contributed by atoms with Gasteiger partial charge in [0.05, 0.1) is 6.61 Å². The smallest absolute Gasteiger partial charge is 0.417 e. The molecule has 0 atom stereocenters. The van der Waals surface area contributed by atoms with Crippen molar-refractivity contribution < 1.29 is 14.3 Å². The van der Waals surface area contributed by atoms with Crippen molar-refractivity contribution in [2.45, 2.75) is 13.3 Å². The molecule has 0 aliphatic carbocycles. The fourth-order valence-electron chi connectivity index (χ4n) is 0.236. The lowest BCUT2D eigenvalue weighted by Crippen LogP contribution is -1.97. The van der Waals surface area contributed by atoms with E-state index in [4.69, 9.17) is 0 Å². The molecule has 0 unspecified atom stereocenters. The maximum Gasteiger partial charge on any atom is 0.417 e. The van der Waals surface area contributed by atoms with Gasteiger partial charge in [0.1, 0.15) is 5.78 Å². The average Bonchev–Trinajstić information content (AvgIpc) is 1.66. The van der Waals surface area contributed by atoms with Gasteiger partial charge in [-0.3, -0.25) is 4.79 Å². The molecule has 0 aromatic carbocycles. The van der Waals surface area contributed by atoms with Crippen LogP contribution in [0.5, 0.6) is 0 Å². The Labute approximate surface area is 47.6 Å². The van der Waals surface area contributed by atoms with Crippen LogP contribution in [0.3, 0.4) is 0 Å². The zero-order valence-corrected chi connectivity index (χ0v) is 4.64. The number of hydrogen-bond acceptors (Lipinski definition) is 3. The second-order valence-corrected chi connectivity index (χ2v) is 1.38. The van der Waals surface area contributed by atoms with Crippen LogP contribution in [0.25, 0.3) is 0 Å². The van der Waals surface area contributed by atoms with E-state index in [1.54, 1.807) is 0 Å². The molecule has 3 heteroatoms. The Bertz CT molecular complexity index is 87.7. The first-order valence-corrected chi connectivity index (χ1v) is 2.25. The Morgan fingerprint density at radius 2 is 2.38 bits per heavy atom. The highest BCUT2D eigenvalue weighted by Crippen LogP contribution is 1.79. The Hall–Kier alpha value is -0.860. The van der Waals surface area contributed by atoms with E-state index in [-0.39, 0.29) is 18.8 Å². The van der Waals surface area contributed by atoms with E-state index >= 15 is 0 Å². The largest absolute Gasteiger partial charge is 0.457 e. The number of ether oxygens (including phenoxy) is 1. The maximum atomic E-state index is 10.1. The Morgan fingerprint density at radius 3 is 2.75 bits per heavy atom. The first-order chi connectivity index (χ1) is 3.77. The number of Topliss-reactive ketones (excluding diaryl/α,β-unsaturated/α-hetero) is 1. The Morgan fingerprint density at radius 1 is 1.75 bits per heavy atom. The Kier molecular flexibility index (Phi) is 3.84. The van der Waals surface area contributed by atoms with E-state index in [2.05, 4.69) is 4.74 Å². The molecule has 0 aromatic heterocycles. The molecule has 45 valence electrons. The third-order valence-electron chi connectivity index (χ3n) is 0.615. The predicted octanol–water partition coefficient (Wildman–Crippen LogP) is 0.0493. The van der Waals surface area contributed by atoms with Gasteiger partial charge in [0.25, 0.3) is 0 Å². The standard InChI is InChI=1S/C5H7O3/c1-5(7)2-3-8-4-6/h2-3H2,1H3.